The van der Waals surface area contributed by atoms with E-state index in [1.165, 1.54) is 11.8 Å². The Kier molecular flexibility index (Phi) is 13.9. The lowest BCUT2D eigenvalue weighted by atomic mass is 10.0. The lowest BCUT2D eigenvalue weighted by Crippen LogP contribution is -2.51. The summed E-state index contributed by atoms with van der Waals surface area (Å²) in [4.78, 5) is 44.2. The number of carbonyl (C=O) groups excluding carboxylic acids is 3. The number of amides is 3. The Balaban J connectivity index is 1.76. The van der Waals surface area contributed by atoms with Gasteiger partial charge in [0.05, 0.1) is 6.42 Å². The smallest absolute Gasteiger partial charge is 0.408 e. The molecule has 2 aromatic rings. The molecule has 264 valence electrons. The molecule has 2 aromatic carbocycles. The van der Waals surface area contributed by atoms with Crippen LogP contribution in [-0.2, 0) is 43.2 Å². The van der Waals surface area contributed by atoms with Crippen molar-refractivity contribution in [2.45, 2.75) is 130 Å². The van der Waals surface area contributed by atoms with Crippen molar-refractivity contribution < 1.29 is 28.6 Å². The maximum absolute atomic E-state index is 13.6. The summed E-state index contributed by atoms with van der Waals surface area (Å²) in [5, 5.41) is 5.72. The number of hydrogen-bond acceptors (Lipinski definition) is 7. The molecule has 0 radical (unpaired) electrons. The van der Waals surface area contributed by atoms with Gasteiger partial charge in [-0.25, -0.2) is 4.79 Å². The normalized spacial score (nSPS) is 15.9. The molecular formula is C38H56N4O6. The second kappa shape index (κ2) is 17.4. The lowest BCUT2D eigenvalue weighted by Gasteiger charge is -2.30. The van der Waals surface area contributed by atoms with Gasteiger partial charge in [0, 0.05) is 44.6 Å². The number of nitrogens with one attached hydrogen (secondary N) is 2. The predicted octanol–water partition coefficient (Wildman–Crippen LogP) is 5.94. The van der Waals surface area contributed by atoms with E-state index < -0.39 is 36.0 Å². The van der Waals surface area contributed by atoms with Crippen LogP contribution in [0.4, 0.5) is 4.79 Å². The second-order valence-corrected chi connectivity index (χ2v) is 14.3. The Bertz CT molecular complexity index is 1360. The van der Waals surface area contributed by atoms with Crippen molar-refractivity contribution in [1.29, 1.82) is 0 Å². The summed E-state index contributed by atoms with van der Waals surface area (Å²) in [6, 6.07) is 17.0. The first-order valence-electron chi connectivity index (χ1n) is 17.0. The second-order valence-electron chi connectivity index (χ2n) is 14.3. The highest BCUT2D eigenvalue weighted by Gasteiger charge is 2.33. The fourth-order valence-corrected chi connectivity index (χ4v) is 5.41. The van der Waals surface area contributed by atoms with Gasteiger partial charge >= 0.3 is 6.09 Å². The van der Waals surface area contributed by atoms with E-state index in [4.69, 9.17) is 14.2 Å². The van der Waals surface area contributed by atoms with Gasteiger partial charge in [0.15, 0.2) is 5.76 Å². The first kappa shape index (κ1) is 38.4. The number of benzene rings is 2. The molecule has 1 heterocycles. The largest absolute Gasteiger partial charge is 0.459 e. The summed E-state index contributed by atoms with van der Waals surface area (Å²) in [6.45, 7) is 18.7. The molecular weight excluding hydrogens is 608 g/mol. The molecule has 10 heteroatoms. The zero-order chi connectivity index (χ0) is 35.6. The fourth-order valence-electron chi connectivity index (χ4n) is 5.41. The molecule has 48 heavy (non-hydrogen) atoms. The van der Waals surface area contributed by atoms with E-state index in [2.05, 4.69) is 55.4 Å². The fraction of sp³-hybridized carbons (Fsp3) is 0.553. The van der Waals surface area contributed by atoms with Gasteiger partial charge in [0.25, 0.3) is 0 Å². The molecule has 1 aliphatic heterocycles. The van der Waals surface area contributed by atoms with Gasteiger partial charge in [-0.2, -0.15) is 0 Å². The lowest BCUT2D eigenvalue weighted by molar-refractivity contribution is -0.136. The minimum absolute atomic E-state index is 0.0605. The van der Waals surface area contributed by atoms with Crippen molar-refractivity contribution in [2.24, 2.45) is 0 Å². The molecule has 3 rings (SSSR count). The summed E-state index contributed by atoms with van der Waals surface area (Å²) in [7, 11) is 1.73. The van der Waals surface area contributed by atoms with Gasteiger partial charge in [-0.3, -0.25) is 14.5 Å². The molecule has 0 saturated carbocycles. The van der Waals surface area contributed by atoms with Crippen LogP contribution in [0.1, 0.15) is 85.4 Å². The zero-order valence-electron chi connectivity index (χ0n) is 30.4. The van der Waals surface area contributed by atoms with Crippen molar-refractivity contribution in [2.75, 3.05) is 7.05 Å². The molecule has 0 bridgehead atoms. The zero-order valence-corrected chi connectivity index (χ0v) is 30.4. The Morgan fingerprint density at radius 2 is 1.44 bits per heavy atom. The predicted molar refractivity (Wildman–Crippen MR) is 188 cm³/mol. The van der Waals surface area contributed by atoms with Crippen LogP contribution in [0.5, 0.6) is 0 Å². The molecule has 3 atom stereocenters. The molecule has 0 saturated heterocycles. The highest BCUT2D eigenvalue weighted by atomic mass is 16.7. The Labute approximate surface area is 287 Å². The van der Waals surface area contributed by atoms with E-state index in [9.17, 15) is 14.4 Å². The van der Waals surface area contributed by atoms with Crippen LogP contribution in [0, 0.1) is 0 Å². The van der Waals surface area contributed by atoms with E-state index in [1.54, 1.807) is 32.7 Å². The standard InChI is InChI=1S/C38H56N4O6/c1-25(2)41(10)36(44)32(20-29-16-18-30(19-17-29)23-42(26(3)4)27(5)6)39-34(43)22-31(40-37(45)48-38(7,8)9)33-24-46-35(47-33)21-28-14-12-11-13-15-28/h11-19,24-27,31-32,35H,20-23H2,1-10H3,(H,39,43)(H,40,45)/t31?,32-,35?/m1/s1. The molecule has 0 spiro atoms. The van der Waals surface area contributed by atoms with Crippen molar-refractivity contribution in [3.8, 4) is 0 Å². The molecule has 3 amide bonds. The van der Waals surface area contributed by atoms with Crippen LogP contribution in [-0.4, -0.2) is 76.9 Å². The van der Waals surface area contributed by atoms with Crippen molar-refractivity contribution >= 4 is 17.9 Å². The van der Waals surface area contributed by atoms with Crippen LogP contribution in [0.25, 0.3) is 0 Å². The van der Waals surface area contributed by atoms with E-state index in [1.807, 2.05) is 56.3 Å². The molecule has 0 aromatic heterocycles. The third kappa shape index (κ3) is 12.2. The van der Waals surface area contributed by atoms with Gasteiger partial charge in [-0.05, 0) is 79.0 Å². The molecule has 0 aliphatic carbocycles. The first-order valence-corrected chi connectivity index (χ1v) is 17.0. The number of nitrogens with zero attached hydrogens (tertiary/aromatic N) is 2. The van der Waals surface area contributed by atoms with E-state index >= 15 is 0 Å². The Hall–Kier alpha value is -4.05. The van der Waals surface area contributed by atoms with Crippen LogP contribution in [0.2, 0.25) is 0 Å². The maximum atomic E-state index is 13.6. The topological polar surface area (TPSA) is 109 Å². The van der Waals surface area contributed by atoms with Gasteiger partial charge in [-0.15, -0.1) is 0 Å². The van der Waals surface area contributed by atoms with Crippen LogP contribution in [0.3, 0.4) is 0 Å². The number of rotatable bonds is 15. The quantitative estimate of drug-likeness (QED) is 0.243. The van der Waals surface area contributed by atoms with Gasteiger partial charge < -0.3 is 29.7 Å². The summed E-state index contributed by atoms with van der Waals surface area (Å²) in [5.41, 5.74) is 2.39. The molecule has 0 fully saturated rings. The highest BCUT2D eigenvalue weighted by Crippen LogP contribution is 2.23. The SMILES string of the molecule is CC(C)N(C)C(=O)[C@@H](Cc1ccc(CN(C(C)C)C(C)C)cc1)NC(=O)CC(NC(=O)OC(C)(C)C)C1=COC(Cc2ccccc2)O1. The minimum atomic E-state index is -0.886. The summed E-state index contributed by atoms with van der Waals surface area (Å²) in [5.74, 6) is -0.331. The Morgan fingerprint density at radius 1 is 0.833 bits per heavy atom. The molecule has 2 N–H and O–H groups in total. The summed E-state index contributed by atoms with van der Waals surface area (Å²) < 4.78 is 17.3. The van der Waals surface area contributed by atoms with Gasteiger partial charge in [0.2, 0.25) is 18.1 Å². The molecule has 1 aliphatic rings. The van der Waals surface area contributed by atoms with E-state index in [0.717, 1.165) is 17.7 Å². The average Bonchev–Trinajstić information content (AvgIpc) is 3.46. The summed E-state index contributed by atoms with van der Waals surface area (Å²) >= 11 is 0. The Morgan fingerprint density at radius 3 is 2.00 bits per heavy atom. The molecule has 10 nitrogen and oxygen atoms in total. The monoisotopic (exact) mass is 664 g/mol. The van der Waals surface area contributed by atoms with Crippen LogP contribution in [0.15, 0.2) is 66.6 Å². The first-order chi connectivity index (χ1) is 22.5. The maximum Gasteiger partial charge on any atom is 0.408 e. The van der Waals surface area contributed by atoms with Crippen molar-refractivity contribution in [1.82, 2.24) is 20.4 Å². The number of hydrogen-bond donors (Lipinski definition) is 2. The third-order valence-electron chi connectivity index (χ3n) is 8.18. The highest BCUT2D eigenvalue weighted by molar-refractivity contribution is 5.88. The molecule has 2 unspecified atom stereocenters. The number of carbonyl (C=O) groups is 3. The van der Waals surface area contributed by atoms with Gasteiger partial charge in [0.1, 0.15) is 23.9 Å². The van der Waals surface area contributed by atoms with E-state index in [0.29, 0.717) is 30.7 Å². The average molecular weight is 665 g/mol. The van der Waals surface area contributed by atoms with Crippen LogP contribution >= 0.6 is 0 Å². The van der Waals surface area contributed by atoms with Crippen molar-refractivity contribution in [3.63, 3.8) is 0 Å². The number of ether oxygens (including phenoxy) is 3. The van der Waals surface area contributed by atoms with Crippen molar-refractivity contribution in [3.05, 3.63) is 83.3 Å². The van der Waals surface area contributed by atoms with Gasteiger partial charge in [-0.1, -0.05) is 54.6 Å². The van der Waals surface area contributed by atoms with E-state index in [-0.39, 0.29) is 18.4 Å². The minimum Gasteiger partial charge on any atom is -0.459 e. The van der Waals surface area contributed by atoms with Crippen LogP contribution < -0.4 is 10.6 Å². The third-order valence-corrected chi connectivity index (χ3v) is 8.18. The number of alkyl carbamates (subject to hydrolysis) is 1. The summed E-state index contributed by atoms with van der Waals surface area (Å²) in [6.07, 6.45) is 0.720. The number of likely N-dealkylation sites (N-methyl/N-ethyl adjacent to an activating group) is 1.